The molecule has 1 saturated heterocycles. The first-order valence-corrected chi connectivity index (χ1v) is 14.6. The molecule has 1 fully saturated rings. The lowest BCUT2D eigenvalue weighted by atomic mass is 9.96. The number of aliphatic hydroxyl groups is 1. The third-order valence-electron chi connectivity index (χ3n) is 7.44. The fourth-order valence-electron chi connectivity index (χ4n) is 5.03. The van der Waals surface area contributed by atoms with Gasteiger partial charge in [-0.1, -0.05) is 48.5 Å². The maximum absolute atomic E-state index is 14.2. The van der Waals surface area contributed by atoms with E-state index in [2.05, 4.69) is 10.6 Å². The van der Waals surface area contributed by atoms with Crippen LogP contribution in [0.25, 0.3) is 0 Å². The molecular weight excluding hydrogens is 557 g/mol. The summed E-state index contributed by atoms with van der Waals surface area (Å²) in [6, 6.07) is 18.7. The van der Waals surface area contributed by atoms with Crippen molar-refractivity contribution in [2.45, 2.75) is 56.7 Å². The number of nitrogens with one attached hydrogen (secondary N) is 2. The number of hydrogen-bond donors (Lipinski definition) is 3. The molecular formula is C32H36FN3O5S. The standard InChI is InChI=1S/C32H36FN3O5S/c1-20-24(14-9-15-25(20)33)29(38)35-26(17-21-10-6-5-7-11-21)27(37)31(40)36-19-42-32(2,3)28(36)30(39)34-18-22-12-8-13-23(16-22)41-4/h5-16,26-28,37H,17-19H2,1-4H3,(H,34,39)(H,35,38)/t26-,27-,28+/m0/s1. The predicted octanol–water partition coefficient (Wildman–Crippen LogP) is 3.84. The summed E-state index contributed by atoms with van der Waals surface area (Å²) in [6.45, 7) is 5.49. The average molecular weight is 594 g/mol. The van der Waals surface area contributed by atoms with Crippen molar-refractivity contribution in [3.05, 3.63) is 101 Å². The topological polar surface area (TPSA) is 108 Å². The molecule has 0 spiro atoms. The largest absolute Gasteiger partial charge is 0.497 e. The fraction of sp³-hybridized carbons (Fsp3) is 0.344. The van der Waals surface area contributed by atoms with Gasteiger partial charge in [0.25, 0.3) is 11.8 Å². The fourth-order valence-corrected chi connectivity index (χ4v) is 6.17. The Morgan fingerprint density at radius 3 is 2.48 bits per heavy atom. The molecule has 0 aromatic heterocycles. The molecule has 222 valence electrons. The number of nitrogens with zero attached hydrogens (tertiary/aromatic N) is 1. The van der Waals surface area contributed by atoms with E-state index in [1.54, 1.807) is 7.11 Å². The van der Waals surface area contributed by atoms with Crippen molar-refractivity contribution < 1.29 is 28.6 Å². The van der Waals surface area contributed by atoms with Crippen LogP contribution in [-0.4, -0.2) is 63.6 Å². The summed E-state index contributed by atoms with van der Waals surface area (Å²) < 4.78 is 18.8. The second-order valence-electron chi connectivity index (χ2n) is 10.8. The van der Waals surface area contributed by atoms with Gasteiger partial charge in [-0.05, 0) is 68.1 Å². The Labute approximate surface area is 249 Å². The Morgan fingerprint density at radius 1 is 1.07 bits per heavy atom. The van der Waals surface area contributed by atoms with Crippen LogP contribution >= 0.6 is 11.8 Å². The quantitative estimate of drug-likeness (QED) is 0.330. The van der Waals surface area contributed by atoms with E-state index in [0.717, 1.165) is 11.1 Å². The van der Waals surface area contributed by atoms with Gasteiger partial charge in [0.1, 0.15) is 17.6 Å². The highest BCUT2D eigenvalue weighted by Crippen LogP contribution is 2.40. The summed E-state index contributed by atoms with van der Waals surface area (Å²) in [7, 11) is 1.57. The van der Waals surface area contributed by atoms with Gasteiger partial charge in [0.2, 0.25) is 5.91 Å². The van der Waals surface area contributed by atoms with Crippen LogP contribution < -0.4 is 15.4 Å². The number of carbonyl (C=O) groups excluding carboxylic acids is 3. The van der Waals surface area contributed by atoms with Crippen molar-refractivity contribution >= 4 is 29.5 Å². The molecule has 0 saturated carbocycles. The van der Waals surface area contributed by atoms with Crippen molar-refractivity contribution in [2.75, 3.05) is 13.0 Å². The lowest BCUT2D eigenvalue weighted by Crippen LogP contribution is -2.58. The molecule has 42 heavy (non-hydrogen) atoms. The molecule has 3 amide bonds. The normalized spacial score (nSPS) is 17.3. The monoisotopic (exact) mass is 593 g/mol. The first-order chi connectivity index (χ1) is 20.0. The molecule has 4 rings (SSSR count). The van der Waals surface area contributed by atoms with Crippen LogP contribution in [-0.2, 0) is 22.6 Å². The van der Waals surface area contributed by atoms with Crippen molar-refractivity contribution in [1.29, 1.82) is 0 Å². The number of halogens is 1. The molecule has 8 nitrogen and oxygen atoms in total. The van der Waals surface area contributed by atoms with Gasteiger partial charge in [0.15, 0.2) is 6.10 Å². The highest BCUT2D eigenvalue weighted by Gasteiger charge is 2.49. The molecule has 10 heteroatoms. The van der Waals surface area contributed by atoms with Gasteiger partial charge >= 0.3 is 0 Å². The van der Waals surface area contributed by atoms with E-state index >= 15 is 0 Å². The molecule has 3 N–H and O–H groups in total. The Balaban J connectivity index is 1.55. The second kappa shape index (κ2) is 13.4. The van der Waals surface area contributed by atoms with Crippen molar-refractivity contribution in [1.82, 2.24) is 15.5 Å². The molecule has 3 atom stereocenters. The molecule has 1 aliphatic heterocycles. The number of benzene rings is 3. The first-order valence-electron chi connectivity index (χ1n) is 13.6. The SMILES string of the molecule is COc1cccc(CNC(=O)[C@H]2N(C(=O)[C@@H](O)[C@H](Cc3ccccc3)NC(=O)c3cccc(F)c3C)CSC2(C)C)c1. The van der Waals surface area contributed by atoms with Crippen LogP contribution in [0.4, 0.5) is 4.39 Å². The first kappa shape index (κ1) is 31.1. The van der Waals surface area contributed by atoms with Gasteiger partial charge in [0, 0.05) is 16.9 Å². The number of hydrogen-bond acceptors (Lipinski definition) is 6. The Hall–Kier alpha value is -3.89. The summed E-state index contributed by atoms with van der Waals surface area (Å²) in [6.07, 6.45) is -1.52. The number of rotatable bonds is 10. The third kappa shape index (κ3) is 7.11. The summed E-state index contributed by atoms with van der Waals surface area (Å²) in [5, 5.41) is 17.1. The number of carbonyl (C=O) groups is 3. The van der Waals surface area contributed by atoms with E-state index in [0.29, 0.717) is 5.75 Å². The van der Waals surface area contributed by atoms with Crippen LogP contribution in [0.2, 0.25) is 0 Å². The number of methoxy groups -OCH3 is 1. The lowest BCUT2D eigenvalue weighted by Gasteiger charge is -2.33. The van der Waals surface area contributed by atoms with E-state index in [-0.39, 0.29) is 35.9 Å². The molecule has 3 aromatic rings. The number of amides is 3. The minimum absolute atomic E-state index is 0.111. The summed E-state index contributed by atoms with van der Waals surface area (Å²) in [4.78, 5) is 41.9. The van der Waals surface area contributed by atoms with E-state index in [1.807, 2.05) is 68.4 Å². The minimum atomic E-state index is -1.66. The molecule has 1 heterocycles. The van der Waals surface area contributed by atoms with E-state index < -0.39 is 40.6 Å². The zero-order valence-corrected chi connectivity index (χ0v) is 24.9. The van der Waals surface area contributed by atoms with Crippen molar-refractivity contribution in [2.24, 2.45) is 0 Å². The smallest absolute Gasteiger partial charge is 0.254 e. The average Bonchev–Trinajstić information content (AvgIpc) is 3.31. The summed E-state index contributed by atoms with van der Waals surface area (Å²) >= 11 is 1.43. The van der Waals surface area contributed by atoms with Gasteiger partial charge in [-0.3, -0.25) is 14.4 Å². The molecule has 1 aliphatic rings. The van der Waals surface area contributed by atoms with Gasteiger partial charge in [-0.2, -0.15) is 0 Å². The van der Waals surface area contributed by atoms with Crippen molar-refractivity contribution in [3.63, 3.8) is 0 Å². The van der Waals surface area contributed by atoms with Crippen LogP contribution in [0.15, 0.2) is 72.8 Å². The van der Waals surface area contributed by atoms with Crippen LogP contribution in [0.5, 0.6) is 5.75 Å². The molecule has 3 aromatic carbocycles. The molecule has 0 radical (unpaired) electrons. The highest BCUT2D eigenvalue weighted by atomic mass is 32.2. The molecule has 0 aliphatic carbocycles. The maximum Gasteiger partial charge on any atom is 0.254 e. The Bertz CT molecular complexity index is 1430. The van der Waals surface area contributed by atoms with E-state index in [1.165, 1.54) is 41.8 Å². The molecule has 0 unspecified atom stereocenters. The second-order valence-corrected chi connectivity index (χ2v) is 12.4. The highest BCUT2D eigenvalue weighted by molar-refractivity contribution is 8.00. The van der Waals surface area contributed by atoms with E-state index in [9.17, 15) is 23.9 Å². The van der Waals surface area contributed by atoms with Gasteiger partial charge in [-0.15, -0.1) is 11.8 Å². The maximum atomic E-state index is 14.2. The number of thioether (sulfide) groups is 1. The van der Waals surface area contributed by atoms with Crippen molar-refractivity contribution in [3.8, 4) is 5.75 Å². The predicted molar refractivity (Wildman–Crippen MR) is 161 cm³/mol. The summed E-state index contributed by atoms with van der Waals surface area (Å²) in [5.41, 5.74) is 1.90. The van der Waals surface area contributed by atoms with Crippen LogP contribution in [0, 0.1) is 12.7 Å². The lowest BCUT2D eigenvalue weighted by molar-refractivity contribution is -0.147. The Morgan fingerprint density at radius 2 is 1.76 bits per heavy atom. The third-order valence-corrected chi connectivity index (χ3v) is 8.81. The van der Waals surface area contributed by atoms with Gasteiger partial charge in [-0.25, -0.2) is 4.39 Å². The van der Waals surface area contributed by atoms with Crippen LogP contribution in [0.1, 0.15) is 40.9 Å². The number of ether oxygens (including phenoxy) is 1. The number of aliphatic hydroxyl groups excluding tert-OH is 1. The zero-order chi connectivity index (χ0) is 30.4. The minimum Gasteiger partial charge on any atom is -0.497 e. The zero-order valence-electron chi connectivity index (χ0n) is 24.1. The Kier molecular flexibility index (Phi) is 9.90. The molecule has 0 bridgehead atoms. The summed E-state index contributed by atoms with van der Waals surface area (Å²) in [5.74, 6) is -1.31. The van der Waals surface area contributed by atoms with Gasteiger partial charge in [0.05, 0.1) is 19.0 Å². The van der Waals surface area contributed by atoms with Gasteiger partial charge < -0.3 is 25.4 Å². The van der Waals surface area contributed by atoms with Crippen LogP contribution in [0.3, 0.4) is 0 Å². The van der Waals surface area contributed by atoms with E-state index in [4.69, 9.17) is 4.74 Å².